The van der Waals surface area contributed by atoms with Crippen molar-refractivity contribution in [2.24, 2.45) is 5.73 Å². The van der Waals surface area contributed by atoms with Gasteiger partial charge in [-0.1, -0.05) is 182 Å². The quantitative estimate of drug-likeness (QED) is 0.0265. The lowest BCUT2D eigenvalue weighted by atomic mass is 10.1. The Labute approximate surface area is 385 Å². The molecule has 0 heterocycles. The van der Waals surface area contributed by atoms with Crippen LogP contribution in [0.3, 0.4) is 0 Å². The van der Waals surface area contributed by atoms with E-state index in [1.54, 1.807) is 0 Å². The molecule has 3 N–H and O–H groups in total. The molecule has 0 aromatic rings. The molecule has 10 heteroatoms. The largest absolute Gasteiger partial charge is 0.472 e. The first kappa shape index (κ1) is 59.9. The number of esters is 2. The first-order valence-electron chi connectivity index (χ1n) is 24.7. The number of allylic oxidation sites excluding steroid dienone is 16. The molecule has 2 unspecified atom stereocenters. The fraction of sp³-hybridized carbons (Fsp3) is 0.660. The number of hydrogen-bond acceptors (Lipinski definition) is 8. The van der Waals surface area contributed by atoms with Crippen molar-refractivity contribution in [3.05, 3.63) is 97.2 Å². The molecule has 0 aromatic carbocycles. The van der Waals surface area contributed by atoms with Crippen molar-refractivity contribution in [2.45, 2.75) is 200 Å². The number of unbranched alkanes of at least 4 members (excludes halogenated alkanes) is 16. The Bertz CT molecular complexity index is 1350. The van der Waals surface area contributed by atoms with Gasteiger partial charge in [0.25, 0.3) is 0 Å². The molecule has 0 aromatic heterocycles. The van der Waals surface area contributed by atoms with Crippen molar-refractivity contribution >= 4 is 19.8 Å². The van der Waals surface area contributed by atoms with Gasteiger partial charge in [0.2, 0.25) is 0 Å². The van der Waals surface area contributed by atoms with E-state index in [1.807, 2.05) is 0 Å². The number of hydrogen-bond donors (Lipinski definition) is 2. The molecule has 360 valence electrons. The van der Waals surface area contributed by atoms with Gasteiger partial charge in [-0.05, 0) is 96.3 Å². The van der Waals surface area contributed by atoms with Crippen molar-refractivity contribution in [2.75, 3.05) is 26.4 Å². The summed E-state index contributed by atoms with van der Waals surface area (Å²) in [6, 6.07) is 0. The minimum Gasteiger partial charge on any atom is -0.462 e. The molecule has 0 aliphatic heterocycles. The monoisotopic (exact) mass is 900 g/mol. The van der Waals surface area contributed by atoms with Gasteiger partial charge in [0.05, 0.1) is 13.2 Å². The molecule has 0 aliphatic rings. The Morgan fingerprint density at radius 1 is 0.492 bits per heavy atom. The van der Waals surface area contributed by atoms with E-state index in [1.165, 1.54) is 57.8 Å². The van der Waals surface area contributed by atoms with Gasteiger partial charge in [-0.2, -0.15) is 0 Å². The van der Waals surface area contributed by atoms with E-state index >= 15 is 0 Å². The van der Waals surface area contributed by atoms with Crippen LogP contribution in [0.5, 0.6) is 0 Å². The van der Waals surface area contributed by atoms with E-state index in [9.17, 15) is 19.0 Å². The topological polar surface area (TPSA) is 134 Å². The summed E-state index contributed by atoms with van der Waals surface area (Å²) in [5.41, 5.74) is 5.36. The third-order valence-corrected chi connectivity index (χ3v) is 10.9. The van der Waals surface area contributed by atoms with Crippen LogP contribution in [-0.2, 0) is 32.7 Å². The average Bonchev–Trinajstić information content (AvgIpc) is 3.27. The third-order valence-electron chi connectivity index (χ3n) is 9.95. The van der Waals surface area contributed by atoms with E-state index in [2.05, 4.69) is 111 Å². The van der Waals surface area contributed by atoms with Crippen LogP contribution in [0.2, 0.25) is 0 Å². The van der Waals surface area contributed by atoms with Crippen molar-refractivity contribution in [3.8, 4) is 0 Å². The van der Waals surface area contributed by atoms with Crippen LogP contribution in [0, 0.1) is 0 Å². The molecule has 0 bridgehead atoms. The molecule has 9 nitrogen and oxygen atoms in total. The SMILES string of the molecule is CC/C=C\C/C=C\C/C=C\C/C=C\C/C=C\C/C=C\CCCCCCC(=O)OC(COC(=O)CCCCCCCCCCC/C=C\C/C=C\CCCCC)COP(=O)(O)OCCN. The number of rotatable bonds is 45. The van der Waals surface area contributed by atoms with Crippen LogP contribution in [0.4, 0.5) is 0 Å². The minimum absolute atomic E-state index is 0.0429. The maximum Gasteiger partial charge on any atom is 0.472 e. The van der Waals surface area contributed by atoms with Crippen LogP contribution < -0.4 is 5.73 Å². The fourth-order valence-corrected chi connectivity index (χ4v) is 7.08. The maximum absolute atomic E-state index is 12.6. The summed E-state index contributed by atoms with van der Waals surface area (Å²) in [5.74, 6) is -0.868. The predicted octanol–water partition coefficient (Wildman–Crippen LogP) is 14.9. The Morgan fingerprint density at radius 2 is 0.873 bits per heavy atom. The Balaban J connectivity index is 4.17. The van der Waals surface area contributed by atoms with Gasteiger partial charge in [0.1, 0.15) is 6.61 Å². The van der Waals surface area contributed by atoms with E-state index in [-0.39, 0.29) is 32.6 Å². The summed E-state index contributed by atoms with van der Waals surface area (Å²) in [5, 5.41) is 0. The second kappa shape index (κ2) is 48.4. The standard InChI is InChI=1S/C53H90NO8P/c1-3-5-7-9-11-13-15-17-19-21-23-24-25-26-28-30-32-34-36-38-40-42-44-46-53(56)62-51(50-61-63(57,58)60-48-47-54)49-59-52(55)45-43-41-39-37-35-33-31-29-27-22-20-18-16-14-12-10-8-6-4-2/h5,7,11-14,17-20,23-24,26,28,32,34,51H,3-4,6,8-10,15-16,21-22,25,27,29-31,33,35-50,54H2,1-2H3,(H,57,58)/b7-5-,13-11-,14-12-,19-17-,20-18-,24-23-,28-26-,34-32-. The second-order valence-electron chi connectivity index (χ2n) is 15.9. The van der Waals surface area contributed by atoms with Gasteiger partial charge < -0.3 is 20.1 Å². The Morgan fingerprint density at radius 3 is 1.30 bits per heavy atom. The molecule has 0 rings (SSSR count). The summed E-state index contributed by atoms with van der Waals surface area (Å²) >= 11 is 0. The van der Waals surface area contributed by atoms with Crippen LogP contribution in [0.15, 0.2) is 97.2 Å². The van der Waals surface area contributed by atoms with Gasteiger partial charge in [-0.15, -0.1) is 0 Å². The lowest BCUT2D eigenvalue weighted by Crippen LogP contribution is -2.29. The number of ether oxygens (including phenoxy) is 2. The molecule has 63 heavy (non-hydrogen) atoms. The van der Waals surface area contributed by atoms with Gasteiger partial charge in [-0.25, -0.2) is 4.57 Å². The normalized spacial score (nSPS) is 14.0. The summed E-state index contributed by atoms with van der Waals surface area (Å²) in [6.45, 7) is 3.55. The highest BCUT2D eigenvalue weighted by molar-refractivity contribution is 7.47. The molecular weight excluding hydrogens is 810 g/mol. The molecule has 0 saturated carbocycles. The van der Waals surface area contributed by atoms with Gasteiger partial charge in [0.15, 0.2) is 6.10 Å². The molecule has 0 fully saturated rings. The van der Waals surface area contributed by atoms with E-state index in [0.717, 1.165) is 103 Å². The van der Waals surface area contributed by atoms with Gasteiger partial charge >= 0.3 is 19.8 Å². The summed E-state index contributed by atoms with van der Waals surface area (Å²) in [7, 11) is -4.40. The summed E-state index contributed by atoms with van der Waals surface area (Å²) in [6.07, 6.45) is 62.9. The Hall–Kier alpha value is -3.07. The lowest BCUT2D eigenvalue weighted by molar-refractivity contribution is -0.161. The van der Waals surface area contributed by atoms with Crippen molar-refractivity contribution in [1.82, 2.24) is 0 Å². The molecule has 2 atom stereocenters. The molecule has 0 radical (unpaired) electrons. The average molecular weight is 900 g/mol. The molecule has 0 saturated heterocycles. The first-order valence-corrected chi connectivity index (χ1v) is 26.2. The molecule has 0 spiro atoms. The molecule has 0 amide bonds. The van der Waals surface area contributed by atoms with E-state index in [0.29, 0.717) is 6.42 Å². The first-order chi connectivity index (χ1) is 30.8. The number of phosphoric acid groups is 1. The van der Waals surface area contributed by atoms with E-state index < -0.39 is 32.5 Å². The van der Waals surface area contributed by atoms with Crippen molar-refractivity contribution in [3.63, 3.8) is 0 Å². The van der Waals surface area contributed by atoms with Gasteiger partial charge in [0, 0.05) is 19.4 Å². The van der Waals surface area contributed by atoms with Gasteiger partial charge in [-0.3, -0.25) is 18.6 Å². The molecule has 0 aliphatic carbocycles. The minimum atomic E-state index is -4.40. The second-order valence-corrected chi connectivity index (χ2v) is 17.4. The van der Waals surface area contributed by atoms with Crippen LogP contribution in [0.1, 0.15) is 194 Å². The van der Waals surface area contributed by atoms with Crippen LogP contribution in [-0.4, -0.2) is 49.3 Å². The molecular formula is C53H90NO8P. The van der Waals surface area contributed by atoms with Crippen LogP contribution in [0.25, 0.3) is 0 Å². The zero-order valence-electron chi connectivity index (χ0n) is 39.8. The highest BCUT2D eigenvalue weighted by atomic mass is 31.2. The predicted molar refractivity (Wildman–Crippen MR) is 265 cm³/mol. The zero-order chi connectivity index (χ0) is 46.0. The maximum atomic E-state index is 12.6. The summed E-state index contributed by atoms with van der Waals surface area (Å²) in [4.78, 5) is 35.0. The summed E-state index contributed by atoms with van der Waals surface area (Å²) < 4.78 is 32.9. The lowest BCUT2D eigenvalue weighted by Gasteiger charge is -2.19. The smallest absolute Gasteiger partial charge is 0.462 e. The number of phosphoric ester groups is 1. The Kier molecular flexibility index (Phi) is 46.0. The highest BCUT2D eigenvalue weighted by Gasteiger charge is 2.26. The highest BCUT2D eigenvalue weighted by Crippen LogP contribution is 2.43. The zero-order valence-corrected chi connectivity index (χ0v) is 40.7. The number of nitrogens with two attached hydrogens (primary N) is 1. The van der Waals surface area contributed by atoms with Crippen molar-refractivity contribution in [1.29, 1.82) is 0 Å². The van der Waals surface area contributed by atoms with Crippen molar-refractivity contribution < 1.29 is 37.6 Å². The number of carbonyl (C=O) groups is 2. The number of carbonyl (C=O) groups excluding carboxylic acids is 2. The third kappa shape index (κ3) is 48.2. The van der Waals surface area contributed by atoms with E-state index in [4.69, 9.17) is 24.3 Å². The van der Waals surface area contributed by atoms with Crippen LogP contribution >= 0.6 is 7.82 Å². The fourth-order valence-electron chi connectivity index (χ4n) is 6.31.